The van der Waals surface area contributed by atoms with Gasteiger partial charge in [-0.05, 0) is 49.6 Å². The average molecular weight is 351 g/mol. The van der Waals surface area contributed by atoms with Crippen LogP contribution in [0.5, 0.6) is 0 Å². The number of halogens is 3. The van der Waals surface area contributed by atoms with Crippen LogP contribution in [0.4, 0.5) is 19.0 Å². The number of carbonyl (C=O) groups excluding carboxylic acids is 1. The highest BCUT2D eigenvalue weighted by atomic mass is 19.4. The lowest BCUT2D eigenvalue weighted by atomic mass is 10.0. The van der Waals surface area contributed by atoms with E-state index in [1.165, 1.54) is 6.07 Å². The van der Waals surface area contributed by atoms with Crippen molar-refractivity contribution in [2.45, 2.75) is 26.4 Å². The predicted octanol–water partition coefficient (Wildman–Crippen LogP) is 3.95. The largest absolute Gasteiger partial charge is 0.417 e. The van der Waals surface area contributed by atoms with Crippen LogP contribution in [0.25, 0.3) is 0 Å². The lowest BCUT2D eigenvalue weighted by Crippen LogP contribution is -2.26. The molecule has 0 aliphatic rings. The van der Waals surface area contributed by atoms with Crippen LogP contribution in [0.2, 0.25) is 0 Å². The van der Waals surface area contributed by atoms with Gasteiger partial charge in [-0.3, -0.25) is 4.79 Å². The highest BCUT2D eigenvalue weighted by Crippen LogP contribution is 2.28. The molecule has 1 amide bonds. The topological polar surface area (TPSA) is 54.0 Å². The number of benzene rings is 1. The predicted molar refractivity (Wildman–Crippen MR) is 90.6 cm³/mol. The molecule has 0 atom stereocenters. The van der Waals surface area contributed by atoms with Crippen molar-refractivity contribution in [3.8, 4) is 0 Å². The number of aromatic nitrogens is 1. The van der Waals surface area contributed by atoms with E-state index in [1.807, 2.05) is 26.0 Å². The van der Waals surface area contributed by atoms with Crippen LogP contribution < -0.4 is 10.6 Å². The lowest BCUT2D eigenvalue weighted by Gasteiger charge is -2.10. The minimum atomic E-state index is -4.39. The summed E-state index contributed by atoms with van der Waals surface area (Å²) in [5.41, 5.74) is 1.88. The Balaban J connectivity index is 1.74. The first-order valence-electron chi connectivity index (χ1n) is 7.90. The van der Waals surface area contributed by atoms with E-state index in [0.717, 1.165) is 23.4 Å². The van der Waals surface area contributed by atoms with E-state index >= 15 is 0 Å². The molecule has 2 aromatic rings. The molecule has 7 heteroatoms. The van der Waals surface area contributed by atoms with Gasteiger partial charge in [-0.25, -0.2) is 4.98 Å². The number of alkyl halides is 3. The van der Waals surface area contributed by atoms with E-state index in [2.05, 4.69) is 15.6 Å². The zero-order chi connectivity index (χ0) is 18.4. The van der Waals surface area contributed by atoms with Crippen LogP contribution in [-0.4, -0.2) is 24.0 Å². The molecule has 0 aliphatic heterocycles. The maximum Gasteiger partial charge on any atom is 0.417 e. The number of aryl methyl sites for hydroxylation is 1. The molecule has 0 bridgehead atoms. The fraction of sp³-hybridized carbons (Fsp3) is 0.333. The minimum Gasteiger partial charge on any atom is -0.370 e. The summed E-state index contributed by atoms with van der Waals surface area (Å²) in [6.07, 6.45) is -2.96. The highest BCUT2D eigenvalue weighted by molar-refractivity contribution is 5.95. The normalized spacial score (nSPS) is 11.2. The van der Waals surface area contributed by atoms with E-state index in [4.69, 9.17) is 0 Å². The SMILES string of the molecule is Cc1cccc(C(=O)NCCCNc2ccc(C(F)(F)F)cn2)c1C. The number of hydrogen-bond donors (Lipinski definition) is 2. The molecule has 4 nitrogen and oxygen atoms in total. The molecule has 0 saturated carbocycles. The van der Waals surface area contributed by atoms with E-state index in [-0.39, 0.29) is 5.91 Å². The molecule has 2 rings (SSSR count). The first kappa shape index (κ1) is 18.8. The molecule has 0 radical (unpaired) electrons. The third-order valence-electron chi connectivity index (χ3n) is 3.89. The summed E-state index contributed by atoms with van der Waals surface area (Å²) in [5, 5.41) is 5.76. The van der Waals surface area contributed by atoms with Crippen LogP contribution in [0.3, 0.4) is 0 Å². The molecule has 1 aromatic carbocycles. The van der Waals surface area contributed by atoms with Gasteiger partial charge in [-0.2, -0.15) is 13.2 Å². The van der Waals surface area contributed by atoms with Gasteiger partial charge in [0.2, 0.25) is 0 Å². The van der Waals surface area contributed by atoms with Crippen molar-refractivity contribution >= 4 is 11.7 Å². The molecule has 0 spiro atoms. The fourth-order valence-corrected chi connectivity index (χ4v) is 2.27. The second-order valence-electron chi connectivity index (χ2n) is 5.71. The monoisotopic (exact) mass is 351 g/mol. The Morgan fingerprint density at radius 2 is 1.88 bits per heavy atom. The molecular weight excluding hydrogens is 331 g/mol. The van der Waals surface area contributed by atoms with Gasteiger partial charge in [0.15, 0.2) is 0 Å². The number of amides is 1. The summed E-state index contributed by atoms with van der Waals surface area (Å²) in [7, 11) is 0. The summed E-state index contributed by atoms with van der Waals surface area (Å²) in [5.74, 6) is 0.239. The number of anilines is 1. The summed E-state index contributed by atoms with van der Waals surface area (Å²) in [4.78, 5) is 15.9. The van der Waals surface area contributed by atoms with Crippen molar-refractivity contribution in [1.82, 2.24) is 10.3 Å². The summed E-state index contributed by atoms with van der Waals surface area (Å²) < 4.78 is 37.3. The van der Waals surface area contributed by atoms with Crippen molar-refractivity contribution in [2.24, 2.45) is 0 Å². The molecule has 134 valence electrons. The zero-order valence-corrected chi connectivity index (χ0v) is 14.1. The second kappa shape index (κ2) is 8.00. The van der Waals surface area contributed by atoms with E-state index in [1.54, 1.807) is 6.07 Å². The van der Waals surface area contributed by atoms with Crippen molar-refractivity contribution in [2.75, 3.05) is 18.4 Å². The third kappa shape index (κ3) is 5.20. The van der Waals surface area contributed by atoms with Crippen molar-refractivity contribution < 1.29 is 18.0 Å². The molecule has 0 unspecified atom stereocenters. The molecule has 0 saturated heterocycles. The maximum absolute atomic E-state index is 12.4. The molecular formula is C18H20F3N3O. The van der Waals surface area contributed by atoms with Gasteiger partial charge in [0.05, 0.1) is 5.56 Å². The number of nitrogens with one attached hydrogen (secondary N) is 2. The Morgan fingerprint density at radius 1 is 1.12 bits per heavy atom. The number of pyridine rings is 1. The maximum atomic E-state index is 12.4. The Labute approximate surface area is 144 Å². The smallest absolute Gasteiger partial charge is 0.370 e. The van der Waals surface area contributed by atoms with Crippen molar-refractivity contribution in [1.29, 1.82) is 0 Å². The number of hydrogen-bond acceptors (Lipinski definition) is 3. The first-order valence-corrected chi connectivity index (χ1v) is 7.90. The number of rotatable bonds is 6. The standard InChI is InChI=1S/C18H20F3N3O/c1-12-5-3-6-15(13(12)2)17(25)23-10-4-9-22-16-8-7-14(11-24-16)18(19,20)21/h3,5-8,11H,4,9-10H2,1-2H3,(H,22,24)(H,23,25). The van der Waals surface area contributed by atoms with Gasteiger partial charge in [0, 0.05) is 24.8 Å². The Hall–Kier alpha value is -2.57. The second-order valence-corrected chi connectivity index (χ2v) is 5.71. The van der Waals surface area contributed by atoms with Gasteiger partial charge in [-0.1, -0.05) is 12.1 Å². The van der Waals surface area contributed by atoms with Gasteiger partial charge < -0.3 is 10.6 Å². The van der Waals surface area contributed by atoms with E-state index < -0.39 is 11.7 Å². The van der Waals surface area contributed by atoms with Crippen LogP contribution in [0.15, 0.2) is 36.5 Å². The molecule has 1 aromatic heterocycles. The van der Waals surface area contributed by atoms with Crippen LogP contribution in [-0.2, 0) is 6.18 Å². The average Bonchev–Trinajstić information content (AvgIpc) is 2.56. The molecule has 1 heterocycles. The van der Waals surface area contributed by atoms with Crippen LogP contribution in [0.1, 0.15) is 33.5 Å². The zero-order valence-electron chi connectivity index (χ0n) is 14.1. The van der Waals surface area contributed by atoms with Crippen LogP contribution >= 0.6 is 0 Å². The Morgan fingerprint density at radius 3 is 2.52 bits per heavy atom. The highest BCUT2D eigenvalue weighted by Gasteiger charge is 2.30. The Bertz CT molecular complexity index is 727. The third-order valence-corrected chi connectivity index (χ3v) is 3.89. The molecule has 2 N–H and O–H groups in total. The fourth-order valence-electron chi connectivity index (χ4n) is 2.27. The molecule has 25 heavy (non-hydrogen) atoms. The summed E-state index contributed by atoms with van der Waals surface area (Å²) in [6, 6.07) is 7.85. The number of carbonyl (C=O) groups is 1. The first-order chi connectivity index (χ1) is 11.8. The Kier molecular flexibility index (Phi) is 6.01. The number of nitrogens with zero attached hydrogens (tertiary/aromatic N) is 1. The van der Waals surface area contributed by atoms with Crippen molar-refractivity contribution in [3.63, 3.8) is 0 Å². The molecule has 0 fully saturated rings. The lowest BCUT2D eigenvalue weighted by molar-refractivity contribution is -0.137. The molecule has 0 aliphatic carbocycles. The summed E-state index contributed by atoms with van der Waals surface area (Å²) in [6.45, 7) is 4.81. The minimum absolute atomic E-state index is 0.131. The van der Waals surface area contributed by atoms with Gasteiger partial charge in [-0.15, -0.1) is 0 Å². The van der Waals surface area contributed by atoms with Gasteiger partial charge in [0.25, 0.3) is 5.91 Å². The van der Waals surface area contributed by atoms with E-state index in [0.29, 0.717) is 30.9 Å². The van der Waals surface area contributed by atoms with Gasteiger partial charge >= 0.3 is 6.18 Å². The van der Waals surface area contributed by atoms with Crippen LogP contribution in [0, 0.1) is 13.8 Å². The van der Waals surface area contributed by atoms with E-state index in [9.17, 15) is 18.0 Å². The van der Waals surface area contributed by atoms with Crippen molar-refractivity contribution in [3.05, 3.63) is 58.8 Å². The quantitative estimate of drug-likeness (QED) is 0.775. The summed E-state index contributed by atoms with van der Waals surface area (Å²) >= 11 is 0. The van der Waals surface area contributed by atoms with Gasteiger partial charge in [0.1, 0.15) is 5.82 Å².